The minimum absolute atomic E-state index is 0.0135. The third kappa shape index (κ3) is 2.90. The summed E-state index contributed by atoms with van der Waals surface area (Å²) >= 11 is 0. The number of hydrogen-bond donors (Lipinski definition) is 0. The molecule has 1 aromatic carbocycles. The molecular formula is C25H33FN2O3. The zero-order chi connectivity index (χ0) is 21.4. The lowest BCUT2D eigenvalue weighted by Crippen LogP contribution is -2.58. The van der Waals surface area contributed by atoms with Crippen LogP contribution in [-0.2, 0) is 14.3 Å². The summed E-state index contributed by atoms with van der Waals surface area (Å²) < 4.78 is 26.7. The van der Waals surface area contributed by atoms with Crippen LogP contribution in [0.25, 0.3) is 0 Å². The molecule has 2 saturated carbocycles. The molecule has 1 aromatic rings. The van der Waals surface area contributed by atoms with Crippen molar-refractivity contribution in [3.8, 4) is 0 Å². The number of para-hydroxylation sites is 1. The monoisotopic (exact) mass is 428 g/mol. The Morgan fingerprint density at radius 1 is 1.10 bits per heavy atom. The van der Waals surface area contributed by atoms with Crippen molar-refractivity contribution in [3.63, 3.8) is 0 Å². The maximum absolute atomic E-state index is 14.2. The second kappa shape index (κ2) is 6.92. The smallest absolute Gasteiger partial charge is 0.311 e. The standard InChI is InChI=1S/C25H33FN2O3/c1-16-7-8-19-17(22(29)30-25(19)18(16)9-10-24(2)23(25)31-24)15-27-11-13-28(14-12-27)21-6-4-3-5-20(21)26/h3-6,16-19,23H,7-15H2,1-2H3/t16-,17?,18+,19+,23-,24-,25-/m1/s1. The Kier molecular flexibility index (Phi) is 4.46. The highest BCUT2D eigenvalue weighted by atomic mass is 19.1. The third-order valence-electron chi connectivity index (χ3n) is 9.11. The molecule has 0 radical (unpaired) electrons. The maximum atomic E-state index is 14.2. The Labute approximate surface area is 183 Å². The average molecular weight is 429 g/mol. The Morgan fingerprint density at radius 2 is 1.87 bits per heavy atom. The number of carbonyl (C=O) groups excluding carboxylic acids is 1. The van der Waals surface area contributed by atoms with Crippen LogP contribution in [0, 0.1) is 29.5 Å². The lowest BCUT2D eigenvalue weighted by molar-refractivity contribution is -0.168. The van der Waals surface area contributed by atoms with E-state index in [1.54, 1.807) is 6.07 Å². The quantitative estimate of drug-likeness (QED) is 0.545. The van der Waals surface area contributed by atoms with Gasteiger partial charge in [-0.2, -0.15) is 0 Å². The molecule has 3 heterocycles. The van der Waals surface area contributed by atoms with Crippen molar-refractivity contribution in [2.24, 2.45) is 23.7 Å². The number of hydrogen-bond acceptors (Lipinski definition) is 5. The van der Waals surface area contributed by atoms with E-state index in [1.165, 1.54) is 12.5 Å². The first kappa shape index (κ1) is 20.0. The fourth-order valence-electron chi connectivity index (χ4n) is 7.42. The summed E-state index contributed by atoms with van der Waals surface area (Å²) in [7, 11) is 0. The van der Waals surface area contributed by atoms with Gasteiger partial charge in [0.15, 0.2) is 0 Å². The van der Waals surface area contributed by atoms with Crippen molar-refractivity contribution < 1.29 is 18.7 Å². The summed E-state index contributed by atoms with van der Waals surface area (Å²) in [6.07, 6.45) is 4.50. The lowest BCUT2D eigenvalue weighted by Gasteiger charge is -2.50. The molecule has 7 atom stereocenters. The van der Waals surface area contributed by atoms with Gasteiger partial charge in [-0.15, -0.1) is 0 Å². The van der Waals surface area contributed by atoms with E-state index in [0.29, 0.717) is 17.5 Å². The molecule has 0 amide bonds. The lowest BCUT2D eigenvalue weighted by atomic mass is 9.55. The number of esters is 1. The normalized spacial score (nSPS) is 44.3. The molecule has 6 rings (SSSR count). The molecule has 1 unspecified atom stereocenters. The molecule has 0 bridgehead atoms. The molecular weight excluding hydrogens is 395 g/mol. The van der Waals surface area contributed by atoms with Gasteiger partial charge in [-0.25, -0.2) is 4.39 Å². The molecule has 3 aliphatic heterocycles. The number of fused-ring (bicyclic) bond motifs is 1. The molecule has 0 N–H and O–H groups in total. The Morgan fingerprint density at radius 3 is 2.65 bits per heavy atom. The average Bonchev–Trinajstić information content (AvgIpc) is 3.39. The van der Waals surface area contributed by atoms with Crippen LogP contribution in [0.4, 0.5) is 10.1 Å². The predicted molar refractivity (Wildman–Crippen MR) is 115 cm³/mol. The van der Waals surface area contributed by atoms with Crippen molar-refractivity contribution in [2.45, 2.75) is 56.8 Å². The van der Waals surface area contributed by atoms with Gasteiger partial charge in [-0.1, -0.05) is 19.1 Å². The zero-order valence-corrected chi connectivity index (χ0v) is 18.6. The summed E-state index contributed by atoms with van der Waals surface area (Å²) in [4.78, 5) is 17.7. The van der Waals surface area contributed by atoms with Gasteiger partial charge in [-0.3, -0.25) is 9.69 Å². The minimum atomic E-state index is -0.401. The topological polar surface area (TPSA) is 45.3 Å². The minimum Gasteiger partial charge on any atom is -0.455 e. The van der Waals surface area contributed by atoms with E-state index in [1.807, 2.05) is 12.1 Å². The van der Waals surface area contributed by atoms with Gasteiger partial charge < -0.3 is 14.4 Å². The SMILES string of the molecule is C[C@@H]1CC[C@H]2C(CN3CCN(c4ccccc4F)CC3)C(=O)O[C@]23[C@H]1CC[C@@]1(C)O[C@@H]31. The summed E-state index contributed by atoms with van der Waals surface area (Å²) in [6.45, 7) is 8.52. The van der Waals surface area contributed by atoms with E-state index < -0.39 is 5.60 Å². The predicted octanol–water partition coefficient (Wildman–Crippen LogP) is 3.47. The van der Waals surface area contributed by atoms with Crippen LogP contribution in [0.1, 0.15) is 39.5 Å². The molecule has 3 saturated heterocycles. The van der Waals surface area contributed by atoms with Gasteiger partial charge in [0.05, 0.1) is 17.2 Å². The van der Waals surface area contributed by atoms with Gasteiger partial charge >= 0.3 is 5.97 Å². The first-order chi connectivity index (χ1) is 14.9. The van der Waals surface area contributed by atoms with Crippen molar-refractivity contribution in [3.05, 3.63) is 30.1 Å². The van der Waals surface area contributed by atoms with Crippen LogP contribution in [0.5, 0.6) is 0 Å². The highest BCUT2D eigenvalue weighted by Gasteiger charge is 2.77. The van der Waals surface area contributed by atoms with Crippen LogP contribution in [0.15, 0.2) is 24.3 Å². The fraction of sp³-hybridized carbons (Fsp3) is 0.720. The molecule has 2 aliphatic carbocycles. The number of rotatable bonds is 3. The van der Waals surface area contributed by atoms with Crippen molar-refractivity contribution >= 4 is 11.7 Å². The summed E-state index contributed by atoms with van der Waals surface area (Å²) in [6, 6.07) is 6.99. The van der Waals surface area contributed by atoms with E-state index in [2.05, 4.69) is 23.6 Å². The molecule has 31 heavy (non-hydrogen) atoms. The maximum Gasteiger partial charge on any atom is 0.311 e. The summed E-state index contributed by atoms with van der Waals surface area (Å²) in [5.41, 5.74) is 0.186. The van der Waals surface area contributed by atoms with Crippen molar-refractivity contribution in [2.75, 3.05) is 37.6 Å². The Hall–Kier alpha value is -1.66. The first-order valence-corrected chi connectivity index (χ1v) is 12.0. The first-order valence-electron chi connectivity index (χ1n) is 12.0. The van der Waals surface area contributed by atoms with Gasteiger partial charge in [0.25, 0.3) is 0 Å². The molecule has 168 valence electrons. The van der Waals surface area contributed by atoms with Crippen molar-refractivity contribution in [1.29, 1.82) is 0 Å². The summed E-state index contributed by atoms with van der Waals surface area (Å²) in [5, 5.41) is 0. The number of carbonyl (C=O) groups is 1. The molecule has 5 aliphatic rings. The number of nitrogens with zero attached hydrogens (tertiary/aromatic N) is 2. The molecule has 6 heteroatoms. The van der Waals surface area contributed by atoms with Crippen LogP contribution < -0.4 is 4.90 Å². The van der Waals surface area contributed by atoms with Crippen LogP contribution >= 0.6 is 0 Å². The largest absolute Gasteiger partial charge is 0.455 e. The van der Waals surface area contributed by atoms with Crippen molar-refractivity contribution in [1.82, 2.24) is 4.90 Å². The van der Waals surface area contributed by atoms with Gasteiger partial charge in [-0.05, 0) is 50.7 Å². The number of epoxide rings is 1. The zero-order valence-electron chi connectivity index (χ0n) is 18.6. The van der Waals surface area contributed by atoms with E-state index in [4.69, 9.17) is 9.47 Å². The molecule has 1 spiro atoms. The van der Waals surface area contributed by atoms with Gasteiger partial charge in [0.1, 0.15) is 17.5 Å². The van der Waals surface area contributed by atoms with Crippen LogP contribution in [0.3, 0.4) is 0 Å². The van der Waals surface area contributed by atoms with Crippen LogP contribution in [-0.4, -0.2) is 60.9 Å². The number of anilines is 1. The second-order valence-corrected chi connectivity index (χ2v) is 10.7. The highest BCUT2D eigenvalue weighted by molar-refractivity contribution is 5.77. The fourth-order valence-corrected chi connectivity index (χ4v) is 7.42. The number of benzene rings is 1. The van der Waals surface area contributed by atoms with Gasteiger partial charge in [0.2, 0.25) is 0 Å². The van der Waals surface area contributed by atoms with Gasteiger partial charge in [0, 0.05) is 44.6 Å². The number of halogens is 1. The molecule has 0 aromatic heterocycles. The summed E-state index contributed by atoms with van der Waals surface area (Å²) in [5.74, 6) is 1.03. The number of piperazine rings is 1. The van der Waals surface area contributed by atoms with Crippen LogP contribution in [0.2, 0.25) is 0 Å². The van der Waals surface area contributed by atoms with E-state index in [0.717, 1.165) is 52.0 Å². The second-order valence-electron chi connectivity index (χ2n) is 10.7. The third-order valence-corrected chi connectivity index (χ3v) is 9.11. The molecule has 5 fully saturated rings. The van der Waals surface area contributed by atoms with E-state index >= 15 is 0 Å². The number of ether oxygens (including phenoxy) is 2. The Balaban J connectivity index is 1.17. The van der Waals surface area contributed by atoms with E-state index in [-0.39, 0.29) is 35.3 Å². The Bertz CT molecular complexity index is 887. The van der Waals surface area contributed by atoms with E-state index in [9.17, 15) is 9.18 Å². The molecule has 5 nitrogen and oxygen atoms in total. The highest BCUT2D eigenvalue weighted by Crippen LogP contribution is 2.66.